The van der Waals surface area contributed by atoms with Crippen molar-refractivity contribution in [1.29, 1.82) is 0 Å². The Morgan fingerprint density at radius 1 is 1.21 bits per heavy atom. The van der Waals surface area contributed by atoms with Crippen molar-refractivity contribution >= 4 is 17.6 Å². The van der Waals surface area contributed by atoms with E-state index in [0.717, 1.165) is 0 Å². The molecule has 1 rings (SSSR count). The minimum Gasteiger partial charge on any atom is -0.465 e. The zero-order chi connectivity index (χ0) is 14.4. The van der Waals surface area contributed by atoms with E-state index in [0.29, 0.717) is 17.8 Å². The van der Waals surface area contributed by atoms with Crippen molar-refractivity contribution in [2.24, 2.45) is 0 Å². The molecule has 0 atom stereocenters. The van der Waals surface area contributed by atoms with Crippen LogP contribution in [0.25, 0.3) is 0 Å². The molecule has 5 nitrogen and oxygen atoms in total. The van der Waals surface area contributed by atoms with Crippen molar-refractivity contribution in [2.75, 3.05) is 39.2 Å². The van der Waals surface area contributed by atoms with Crippen LogP contribution >= 0.6 is 0 Å². The van der Waals surface area contributed by atoms with Gasteiger partial charge in [-0.25, -0.2) is 4.79 Å². The summed E-state index contributed by atoms with van der Waals surface area (Å²) in [7, 11) is 4.88. The molecule has 0 aromatic heterocycles. The average molecular weight is 264 g/mol. The first-order valence-corrected chi connectivity index (χ1v) is 6.13. The summed E-state index contributed by atoms with van der Waals surface area (Å²) in [5.41, 5.74) is 1.15. The van der Waals surface area contributed by atoms with Gasteiger partial charge in [-0.1, -0.05) is 12.1 Å². The Hall–Kier alpha value is -2.04. The van der Waals surface area contributed by atoms with E-state index in [9.17, 15) is 9.59 Å². The molecule has 0 aliphatic carbocycles. The summed E-state index contributed by atoms with van der Waals surface area (Å²) in [6.45, 7) is 2.80. The number of anilines is 1. The van der Waals surface area contributed by atoms with E-state index in [1.54, 1.807) is 42.1 Å². The normalized spacial score (nSPS) is 9.89. The third-order valence-electron chi connectivity index (χ3n) is 2.99. The number of hydrogen-bond donors (Lipinski definition) is 0. The second-order valence-corrected chi connectivity index (χ2v) is 4.27. The quantitative estimate of drug-likeness (QED) is 0.754. The van der Waals surface area contributed by atoms with Crippen molar-refractivity contribution in [3.8, 4) is 0 Å². The van der Waals surface area contributed by atoms with Crippen LogP contribution in [0.2, 0.25) is 0 Å². The van der Waals surface area contributed by atoms with E-state index < -0.39 is 5.97 Å². The number of hydrogen-bond acceptors (Lipinski definition) is 4. The lowest BCUT2D eigenvalue weighted by atomic mass is 10.1. The van der Waals surface area contributed by atoms with E-state index >= 15 is 0 Å². The highest BCUT2D eigenvalue weighted by atomic mass is 16.5. The fourth-order valence-electron chi connectivity index (χ4n) is 1.67. The third-order valence-corrected chi connectivity index (χ3v) is 2.99. The molecule has 1 amide bonds. The van der Waals surface area contributed by atoms with E-state index in [4.69, 9.17) is 4.74 Å². The number of benzene rings is 1. The second-order valence-electron chi connectivity index (χ2n) is 4.27. The molecule has 0 spiro atoms. The number of rotatable bonds is 5. The number of esters is 1. The lowest BCUT2D eigenvalue weighted by Crippen LogP contribution is -2.37. The van der Waals surface area contributed by atoms with Gasteiger partial charge in [0.2, 0.25) is 5.91 Å². The molecule has 0 heterocycles. The highest BCUT2D eigenvalue weighted by Gasteiger charge is 2.17. The van der Waals surface area contributed by atoms with Gasteiger partial charge in [0.05, 0.1) is 24.9 Å². The SMILES string of the molecule is CCN(C)C(=O)CN(C)c1ccccc1C(=O)OC. The molecule has 0 unspecified atom stereocenters. The van der Waals surface area contributed by atoms with Gasteiger partial charge in [0.25, 0.3) is 0 Å². The van der Waals surface area contributed by atoms with Crippen LogP contribution in [0, 0.1) is 0 Å². The summed E-state index contributed by atoms with van der Waals surface area (Å²) in [4.78, 5) is 26.9. The Morgan fingerprint density at radius 3 is 2.42 bits per heavy atom. The topological polar surface area (TPSA) is 49.9 Å². The van der Waals surface area contributed by atoms with Gasteiger partial charge in [-0.05, 0) is 19.1 Å². The molecule has 0 aliphatic rings. The first-order chi connectivity index (χ1) is 9.01. The Morgan fingerprint density at radius 2 is 1.84 bits per heavy atom. The van der Waals surface area contributed by atoms with E-state index in [1.165, 1.54) is 7.11 Å². The van der Waals surface area contributed by atoms with Crippen molar-refractivity contribution in [1.82, 2.24) is 4.90 Å². The molecule has 0 saturated carbocycles. The highest BCUT2D eigenvalue weighted by Crippen LogP contribution is 2.19. The summed E-state index contributed by atoms with van der Waals surface area (Å²) in [6, 6.07) is 7.08. The van der Waals surface area contributed by atoms with Gasteiger partial charge in [-0.3, -0.25) is 4.79 Å². The van der Waals surface area contributed by atoms with Crippen LogP contribution in [0.15, 0.2) is 24.3 Å². The van der Waals surface area contributed by atoms with E-state index in [2.05, 4.69) is 0 Å². The van der Waals surface area contributed by atoms with Crippen LogP contribution in [0.3, 0.4) is 0 Å². The van der Waals surface area contributed by atoms with Crippen LogP contribution in [0.1, 0.15) is 17.3 Å². The van der Waals surface area contributed by atoms with Gasteiger partial charge in [-0.15, -0.1) is 0 Å². The van der Waals surface area contributed by atoms with Gasteiger partial charge in [0, 0.05) is 20.6 Å². The van der Waals surface area contributed by atoms with Crippen molar-refractivity contribution in [2.45, 2.75) is 6.92 Å². The van der Waals surface area contributed by atoms with Crippen LogP contribution in [0.5, 0.6) is 0 Å². The molecular formula is C14H20N2O3. The molecule has 0 bridgehead atoms. The maximum absolute atomic E-state index is 11.9. The van der Waals surface area contributed by atoms with Crippen LogP contribution in [-0.4, -0.2) is 51.1 Å². The Labute approximate surface area is 113 Å². The molecule has 0 radical (unpaired) electrons. The molecule has 1 aromatic rings. The van der Waals surface area contributed by atoms with Gasteiger partial charge in [-0.2, -0.15) is 0 Å². The van der Waals surface area contributed by atoms with Gasteiger partial charge < -0.3 is 14.5 Å². The minimum absolute atomic E-state index is 0.00432. The number of ether oxygens (including phenoxy) is 1. The highest BCUT2D eigenvalue weighted by molar-refractivity contribution is 5.96. The fraction of sp³-hybridized carbons (Fsp3) is 0.429. The predicted octanol–water partition coefficient (Wildman–Crippen LogP) is 1.39. The molecule has 1 aromatic carbocycles. The summed E-state index contributed by atoms with van der Waals surface area (Å²) < 4.78 is 4.74. The van der Waals surface area contributed by atoms with Crippen molar-refractivity contribution < 1.29 is 14.3 Å². The summed E-state index contributed by atoms with van der Waals surface area (Å²) in [5.74, 6) is -0.400. The lowest BCUT2D eigenvalue weighted by Gasteiger charge is -2.23. The van der Waals surface area contributed by atoms with Crippen LogP contribution < -0.4 is 4.90 Å². The smallest absolute Gasteiger partial charge is 0.339 e. The molecule has 19 heavy (non-hydrogen) atoms. The van der Waals surface area contributed by atoms with Crippen LogP contribution in [0.4, 0.5) is 5.69 Å². The van der Waals surface area contributed by atoms with Crippen LogP contribution in [-0.2, 0) is 9.53 Å². The number of methoxy groups -OCH3 is 1. The Balaban J connectivity index is 2.91. The maximum Gasteiger partial charge on any atom is 0.339 e. The zero-order valence-corrected chi connectivity index (χ0v) is 11.8. The number of para-hydroxylation sites is 1. The zero-order valence-electron chi connectivity index (χ0n) is 11.8. The Bertz CT molecular complexity index is 460. The molecular weight excluding hydrogens is 244 g/mol. The predicted molar refractivity (Wildman–Crippen MR) is 74.4 cm³/mol. The van der Waals surface area contributed by atoms with Crippen molar-refractivity contribution in [3.63, 3.8) is 0 Å². The molecule has 0 saturated heterocycles. The molecule has 0 fully saturated rings. The van der Waals surface area contributed by atoms with Gasteiger partial charge in [0.15, 0.2) is 0 Å². The van der Waals surface area contributed by atoms with E-state index in [-0.39, 0.29) is 12.5 Å². The summed E-state index contributed by atoms with van der Waals surface area (Å²) >= 11 is 0. The molecule has 0 N–H and O–H groups in total. The molecule has 0 aliphatic heterocycles. The molecule has 5 heteroatoms. The lowest BCUT2D eigenvalue weighted by molar-refractivity contribution is -0.128. The number of carbonyl (C=O) groups excluding carboxylic acids is 2. The first-order valence-electron chi connectivity index (χ1n) is 6.13. The van der Waals surface area contributed by atoms with Crippen molar-refractivity contribution in [3.05, 3.63) is 29.8 Å². The number of carbonyl (C=O) groups is 2. The third kappa shape index (κ3) is 3.71. The molecule has 104 valence electrons. The average Bonchev–Trinajstić information content (AvgIpc) is 2.45. The number of likely N-dealkylation sites (N-methyl/N-ethyl adjacent to an activating group) is 2. The van der Waals surface area contributed by atoms with Gasteiger partial charge >= 0.3 is 5.97 Å². The summed E-state index contributed by atoms with van der Waals surface area (Å²) in [6.07, 6.45) is 0. The standard InChI is InChI=1S/C14H20N2O3/c1-5-15(2)13(17)10-16(3)12-9-7-6-8-11(12)14(18)19-4/h6-9H,5,10H2,1-4H3. The summed E-state index contributed by atoms with van der Waals surface area (Å²) in [5, 5.41) is 0. The fourth-order valence-corrected chi connectivity index (χ4v) is 1.67. The Kier molecular flexibility index (Phi) is 5.36. The monoisotopic (exact) mass is 264 g/mol. The number of amides is 1. The first kappa shape index (κ1) is 15.0. The largest absolute Gasteiger partial charge is 0.465 e. The van der Waals surface area contributed by atoms with E-state index in [1.807, 2.05) is 13.0 Å². The van der Waals surface area contributed by atoms with Gasteiger partial charge in [0.1, 0.15) is 0 Å². The maximum atomic E-state index is 11.9. The minimum atomic E-state index is -0.404. The number of nitrogens with zero attached hydrogens (tertiary/aromatic N) is 2. The second kappa shape index (κ2) is 6.78.